The van der Waals surface area contributed by atoms with Gasteiger partial charge in [0.2, 0.25) is 0 Å². The largest absolute Gasteiger partial charge is 0.506 e. The molecular weight excluding hydrogens is 212 g/mol. The molecule has 0 aliphatic carbocycles. The van der Waals surface area contributed by atoms with Crippen molar-refractivity contribution < 1.29 is 10.2 Å². The van der Waals surface area contributed by atoms with E-state index in [1.807, 2.05) is 6.07 Å². The molecule has 1 unspecified atom stereocenters. The molecule has 0 amide bonds. The highest BCUT2D eigenvalue weighted by Gasteiger charge is 2.06. The van der Waals surface area contributed by atoms with Crippen molar-refractivity contribution >= 4 is 22.4 Å². The lowest BCUT2D eigenvalue weighted by Gasteiger charge is -2.07. The summed E-state index contributed by atoms with van der Waals surface area (Å²) in [7, 11) is 0. The van der Waals surface area contributed by atoms with Crippen LogP contribution in [0.5, 0.6) is 5.75 Å². The quantitative estimate of drug-likeness (QED) is 0.778. The van der Waals surface area contributed by atoms with Gasteiger partial charge in [0.15, 0.2) is 0 Å². The number of benzene rings is 2. The van der Waals surface area contributed by atoms with Crippen LogP contribution in [0.2, 0.25) is 5.02 Å². The van der Waals surface area contributed by atoms with Crippen molar-refractivity contribution in [2.75, 3.05) is 0 Å². The molecule has 0 radical (unpaired) electrons. The van der Waals surface area contributed by atoms with Crippen LogP contribution in [-0.2, 0) is 0 Å². The van der Waals surface area contributed by atoms with Crippen LogP contribution in [0.1, 0.15) is 18.6 Å². The Morgan fingerprint density at radius 3 is 2.60 bits per heavy atom. The lowest BCUT2D eigenvalue weighted by molar-refractivity contribution is 0.199. The second-order valence-corrected chi connectivity index (χ2v) is 3.93. The van der Waals surface area contributed by atoms with Gasteiger partial charge in [0.1, 0.15) is 5.75 Å². The molecule has 78 valence electrons. The molecule has 0 aliphatic rings. The Kier molecular flexibility index (Phi) is 2.55. The van der Waals surface area contributed by atoms with Crippen LogP contribution < -0.4 is 0 Å². The fraction of sp³-hybridized carbons (Fsp3) is 0.167. The van der Waals surface area contributed by atoms with E-state index in [1.165, 1.54) is 0 Å². The molecule has 2 aromatic rings. The molecule has 2 aromatic carbocycles. The highest BCUT2D eigenvalue weighted by Crippen LogP contribution is 2.32. The molecule has 0 fully saturated rings. The van der Waals surface area contributed by atoms with Gasteiger partial charge in [-0.3, -0.25) is 0 Å². The maximum absolute atomic E-state index is 9.42. The standard InChI is InChI=1S/C12H11ClO2/c1-7(14)8-2-4-10-9(6-8)3-5-11(15)12(10)13/h2-7,14-15H,1H3. The van der Waals surface area contributed by atoms with Gasteiger partial charge in [-0.1, -0.05) is 29.8 Å². The number of aliphatic hydroxyl groups is 1. The Balaban J connectivity index is 2.70. The van der Waals surface area contributed by atoms with Crippen molar-refractivity contribution in [3.63, 3.8) is 0 Å². The summed E-state index contributed by atoms with van der Waals surface area (Å²) < 4.78 is 0. The first-order valence-electron chi connectivity index (χ1n) is 4.69. The van der Waals surface area contributed by atoms with E-state index in [-0.39, 0.29) is 5.75 Å². The highest BCUT2D eigenvalue weighted by molar-refractivity contribution is 6.37. The summed E-state index contributed by atoms with van der Waals surface area (Å²) >= 11 is 5.95. The minimum Gasteiger partial charge on any atom is -0.506 e. The number of aromatic hydroxyl groups is 1. The SMILES string of the molecule is CC(O)c1ccc2c(Cl)c(O)ccc2c1. The molecule has 1 atom stereocenters. The van der Waals surface area contributed by atoms with Crippen LogP contribution in [0.3, 0.4) is 0 Å². The van der Waals surface area contributed by atoms with Gasteiger partial charge in [-0.05, 0) is 30.0 Å². The predicted molar refractivity (Wildman–Crippen MR) is 61.3 cm³/mol. The molecule has 0 aromatic heterocycles. The van der Waals surface area contributed by atoms with Gasteiger partial charge in [0.25, 0.3) is 0 Å². The summed E-state index contributed by atoms with van der Waals surface area (Å²) in [6, 6.07) is 8.81. The summed E-state index contributed by atoms with van der Waals surface area (Å²) in [4.78, 5) is 0. The van der Waals surface area contributed by atoms with Gasteiger partial charge in [-0.15, -0.1) is 0 Å². The van der Waals surface area contributed by atoms with Crippen LogP contribution in [0.25, 0.3) is 10.8 Å². The van der Waals surface area contributed by atoms with Gasteiger partial charge in [-0.25, -0.2) is 0 Å². The smallest absolute Gasteiger partial charge is 0.134 e. The third-order valence-corrected chi connectivity index (χ3v) is 2.84. The normalized spacial score (nSPS) is 13.0. The number of hydrogen-bond acceptors (Lipinski definition) is 2. The number of rotatable bonds is 1. The Morgan fingerprint density at radius 2 is 1.93 bits per heavy atom. The van der Waals surface area contributed by atoms with Crippen molar-refractivity contribution in [2.24, 2.45) is 0 Å². The van der Waals surface area contributed by atoms with E-state index in [4.69, 9.17) is 11.6 Å². The molecule has 0 heterocycles. The van der Waals surface area contributed by atoms with Crippen LogP contribution in [0.4, 0.5) is 0 Å². The molecule has 0 bridgehead atoms. The molecule has 2 N–H and O–H groups in total. The third kappa shape index (κ3) is 1.78. The van der Waals surface area contributed by atoms with Gasteiger partial charge in [0, 0.05) is 5.39 Å². The maximum Gasteiger partial charge on any atom is 0.134 e. The van der Waals surface area contributed by atoms with Crippen molar-refractivity contribution in [1.29, 1.82) is 0 Å². The Bertz CT molecular complexity index is 506. The van der Waals surface area contributed by atoms with E-state index < -0.39 is 6.10 Å². The zero-order valence-electron chi connectivity index (χ0n) is 8.24. The highest BCUT2D eigenvalue weighted by atomic mass is 35.5. The molecule has 15 heavy (non-hydrogen) atoms. The molecule has 0 spiro atoms. The first-order chi connectivity index (χ1) is 7.09. The maximum atomic E-state index is 9.42. The van der Waals surface area contributed by atoms with Crippen molar-refractivity contribution in [3.05, 3.63) is 40.9 Å². The molecule has 2 nitrogen and oxygen atoms in total. The van der Waals surface area contributed by atoms with Crippen LogP contribution >= 0.6 is 11.6 Å². The molecular formula is C12H11ClO2. The van der Waals surface area contributed by atoms with E-state index >= 15 is 0 Å². The molecule has 2 rings (SSSR count). The van der Waals surface area contributed by atoms with Gasteiger partial charge in [-0.2, -0.15) is 0 Å². The van der Waals surface area contributed by atoms with Gasteiger partial charge < -0.3 is 10.2 Å². The average Bonchev–Trinajstić information content (AvgIpc) is 2.23. The Labute approximate surface area is 92.7 Å². The topological polar surface area (TPSA) is 40.5 Å². The molecule has 0 saturated heterocycles. The molecule has 3 heteroatoms. The lowest BCUT2D eigenvalue weighted by Crippen LogP contribution is -1.90. The first kappa shape index (κ1) is 10.3. The number of halogens is 1. The fourth-order valence-electron chi connectivity index (χ4n) is 1.56. The van der Waals surface area contributed by atoms with E-state index in [0.717, 1.165) is 16.3 Å². The number of phenolic OH excluding ortho intramolecular Hbond substituents is 1. The summed E-state index contributed by atoms with van der Waals surface area (Å²) in [6.07, 6.45) is -0.498. The summed E-state index contributed by atoms with van der Waals surface area (Å²) in [6.45, 7) is 1.71. The second-order valence-electron chi connectivity index (χ2n) is 3.56. The Morgan fingerprint density at radius 1 is 1.20 bits per heavy atom. The molecule has 0 aliphatic heterocycles. The number of aliphatic hydroxyl groups excluding tert-OH is 1. The number of fused-ring (bicyclic) bond motifs is 1. The van der Waals surface area contributed by atoms with Crippen LogP contribution in [0.15, 0.2) is 30.3 Å². The average molecular weight is 223 g/mol. The van der Waals surface area contributed by atoms with E-state index in [0.29, 0.717) is 5.02 Å². The predicted octanol–water partition coefficient (Wildman–Crippen LogP) is 3.25. The minimum atomic E-state index is -0.498. The van der Waals surface area contributed by atoms with E-state index in [2.05, 4.69) is 0 Å². The first-order valence-corrected chi connectivity index (χ1v) is 5.06. The van der Waals surface area contributed by atoms with Crippen molar-refractivity contribution in [1.82, 2.24) is 0 Å². The monoisotopic (exact) mass is 222 g/mol. The summed E-state index contributed by atoms with van der Waals surface area (Å²) in [5, 5.41) is 20.9. The summed E-state index contributed by atoms with van der Waals surface area (Å²) in [5.74, 6) is 0.0777. The third-order valence-electron chi connectivity index (χ3n) is 2.44. The van der Waals surface area contributed by atoms with E-state index in [9.17, 15) is 10.2 Å². The second kappa shape index (κ2) is 3.72. The Hall–Kier alpha value is -1.25. The lowest BCUT2D eigenvalue weighted by atomic mass is 10.0. The minimum absolute atomic E-state index is 0.0777. The summed E-state index contributed by atoms with van der Waals surface area (Å²) in [5.41, 5.74) is 0.837. The van der Waals surface area contributed by atoms with Crippen LogP contribution in [-0.4, -0.2) is 10.2 Å². The van der Waals surface area contributed by atoms with Gasteiger partial charge >= 0.3 is 0 Å². The molecule has 0 saturated carbocycles. The zero-order chi connectivity index (χ0) is 11.0. The van der Waals surface area contributed by atoms with Crippen LogP contribution in [0, 0.1) is 0 Å². The fourth-order valence-corrected chi connectivity index (χ4v) is 1.79. The van der Waals surface area contributed by atoms with Gasteiger partial charge in [0.05, 0.1) is 11.1 Å². The number of hydrogen-bond donors (Lipinski definition) is 2. The number of phenols is 1. The zero-order valence-corrected chi connectivity index (χ0v) is 8.99. The van der Waals surface area contributed by atoms with Crippen molar-refractivity contribution in [2.45, 2.75) is 13.0 Å². The van der Waals surface area contributed by atoms with E-state index in [1.54, 1.807) is 31.2 Å². The van der Waals surface area contributed by atoms with Crippen molar-refractivity contribution in [3.8, 4) is 5.75 Å².